The lowest BCUT2D eigenvalue weighted by atomic mass is 10.3. The van der Waals surface area contributed by atoms with Gasteiger partial charge in [-0.2, -0.15) is 23.1 Å². The molecule has 1 amide bonds. The number of rotatable bonds is 4. The van der Waals surface area contributed by atoms with Crippen LogP contribution in [-0.2, 0) is 11.3 Å². The fourth-order valence-corrected chi connectivity index (χ4v) is 2.19. The van der Waals surface area contributed by atoms with Crippen molar-refractivity contribution in [2.24, 2.45) is 0 Å². The van der Waals surface area contributed by atoms with Crippen LogP contribution in [-0.4, -0.2) is 29.4 Å². The SMILES string of the molecule is CS[C@H](C)C(=O)N(C)Cc1ccsc1. The molecule has 0 bridgehead atoms. The zero-order valence-corrected chi connectivity index (χ0v) is 10.3. The summed E-state index contributed by atoms with van der Waals surface area (Å²) in [5, 5.41) is 4.16. The average Bonchev–Trinajstić information content (AvgIpc) is 2.68. The van der Waals surface area contributed by atoms with E-state index < -0.39 is 0 Å². The third kappa shape index (κ3) is 3.03. The van der Waals surface area contributed by atoms with Crippen molar-refractivity contribution < 1.29 is 4.79 Å². The Bertz CT molecular complexity index is 284. The van der Waals surface area contributed by atoms with Gasteiger partial charge < -0.3 is 4.90 Å². The molecule has 1 atom stereocenters. The summed E-state index contributed by atoms with van der Waals surface area (Å²) in [4.78, 5) is 13.5. The van der Waals surface area contributed by atoms with Gasteiger partial charge in [0.15, 0.2) is 0 Å². The second-order valence-corrected chi connectivity index (χ2v) is 5.16. The maximum absolute atomic E-state index is 11.7. The number of hydrogen-bond acceptors (Lipinski definition) is 3. The average molecular weight is 229 g/mol. The van der Waals surface area contributed by atoms with E-state index in [1.54, 1.807) is 28.0 Å². The number of thioether (sulfide) groups is 1. The first-order valence-electron chi connectivity index (χ1n) is 4.44. The fourth-order valence-electron chi connectivity index (χ4n) is 1.15. The minimum Gasteiger partial charge on any atom is -0.340 e. The smallest absolute Gasteiger partial charge is 0.235 e. The molecule has 78 valence electrons. The fraction of sp³-hybridized carbons (Fsp3) is 0.500. The molecular formula is C10H15NOS2. The van der Waals surface area contributed by atoms with Gasteiger partial charge in [0.05, 0.1) is 5.25 Å². The molecule has 0 N–H and O–H groups in total. The highest BCUT2D eigenvalue weighted by molar-refractivity contribution is 7.99. The van der Waals surface area contributed by atoms with Gasteiger partial charge in [0.25, 0.3) is 0 Å². The van der Waals surface area contributed by atoms with Gasteiger partial charge in [-0.15, -0.1) is 0 Å². The first-order chi connectivity index (χ1) is 6.65. The van der Waals surface area contributed by atoms with Crippen LogP contribution in [0.15, 0.2) is 16.8 Å². The van der Waals surface area contributed by atoms with E-state index in [0.717, 1.165) is 0 Å². The molecule has 0 spiro atoms. The van der Waals surface area contributed by atoms with E-state index in [2.05, 4.69) is 11.4 Å². The summed E-state index contributed by atoms with van der Waals surface area (Å²) in [6.07, 6.45) is 1.96. The van der Waals surface area contributed by atoms with Gasteiger partial charge in [-0.3, -0.25) is 4.79 Å². The summed E-state index contributed by atoms with van der Waals surface area (Å²) in [6, 6.07) is 2.05. The number of amides is 1. The Balaban J connectivity index is 2.50. The van der Waals surface area contributed by atoms with E-state index in [0.29, 0.717) is 6.54 Å². The lowest BCUT2D eigenvalue weighted by Gasteiger charge is -2.19. The summed E-state index contributed by atoms with van der Waals surface area (Å²) >= 11 is 3.25. The van der Waals surface area contributed by atoms with Gasteiger partial charge >= 0.3 is 0 Å². The lowest BCUT2D eigenvalue weighted by Crippen LogP contribution is -2.32. The third-order valence-corrected chi connectivity index (χ3v) is 3.72. The van der Waals surface area contributed by atoms with Crippen LogP contribution in [0.5, 0.6) is 0 Å². The van der Waals surface area contributed by atoms with Crippen molar-refractivity contribution in [2.75, 3.05) is 13.3 Å². The topological polar surface area (TPSA) is 20.3 Å². The second kappa shape index (κ2) is 5.41. The van der Waals surface area contributed by atoms with E-state index in [4.69, 9.17) is 0 Å². The summed E-state index contributed by atoms with van der Waals surface area (Å²) < 4.78 is 0. The zero-order chi connectivity index (χ0) is 10.6. The van der Waals surface area contributed by atoms with E-state index in [9.17, 15) is 4.79 Å². The first-order valence-corrected chi connectivity index (χ1v) is 6.67. The van der Waals surface area contributed by atoms with Crippen LogP contribution in [0.2, 0.25) is 0 Å². The zero-order valence-electron chi connectivity index (χ0n) is 8.69. The monoisotopic (exact) mass is 229 g/mol. The number of carbonyl (C=O) groups is 1. The molecule has 0 fully saturated rings. The van der Waals surface area contributed by atoms with Gasteiger partial charge in [0, 0.05) is 13.6 Å². The Morgan fingerprint density at radius 1 is 1.71 bits per heavy atom. The molecule has 1 heterocycles. The van der Waals surface area contributed by atoms with Crippen LogP contribution in [0.1, 0.15) is 12.5 Å². The van der Waals surface area contributed by atoms with Crippen LogP contribution in [0, 0.1) is 0 Å². The molecule has 0 saturated carbocycles. The molecule has 0 aliphatic carbocycles. The Morgan fingerprint density at radius 2 is 2.43 bits per heavy atom. The molecule has 14 heavy (non-hydrogen) atoms. The Kier molecular flexibility index (Phi) is 4.48. The minimum atomic E-state index is 0.0543. The van der Waals surface area contributed by atoms with Crippen LogP contribution in [0.25, 0.3) is 0 Å². The van der Waals surface area contributed by atoms with Crippen LogP contribution in [0.4, 0.5) is 0 Å². The van der Waals surface area contributed by atoms with E-state index in [1.165, 1.54) is 5.56 Å². The highest BCUT2D eigenvalue weighted by Crippen LogP contribution is 2.12. The normalized spacial score (nSPS) is 12.5. The molecule has 4 heteroatoms. The molecule has 0 aromatic carbocycles. The maximum Gasteiger partial charge on any atom is 0.235 e. The van der Waals surface area contributed by atoms with Crippen molar-refractivity contribution in [1.82, 2.24) is 4.90 Å². The Labute approximate surface area is 93.3 Å². The molecule has 1 aromatic rings. The molecule has 1 rings (SSSR count). The predicted octanol–water partition coefficient (Wildman–Crippen LogP) is 2.46. The van der Waals surface area contributed by atoms with Crippen LogP contribution < -0.4 is 0 Å². The maximum atomic E-state index is 11.7. The summed E-state index contributed by atoms with van der Waals surface area (Å²) in [5.74, 6) is 0.198. The van der Waals surface area contributed by atoms with E-state index in [1.807, 2.05) is 25.6 Å². The Morgan fingerprint density at radius 3 is 2.93 bits per heavy atom. The largest absolute Gasteiger partial charge is 0.340 e. The minimum absolute atomic E-state index is 0.0543. The van der Waals surface area contributed by atoms with Crippen molar-refractivity contribution >= 4 is 29.0 Å². The molecule has 0 radical (unpaired) electrons. The van der Waals surface area contributed by atoms with Gasteiger partial charge in [-0.05, 0) is 35.6 Å². The number of nitrogens with zero attached hydrogens (tertiary/aromatic N) is 1. The second-order valence-electron chi connectivity index (χ2n) is 3.20. The Hall–Kier alpha value is -0.480. The molecule has 0 aliphatic rings. The van der Waals surface area contributed by atoms with E-state index >= 15 is 0 Å². The molecule has 0 aliphatic heterocycles. The van der Waals surface area contributed by atoms with Crippen molar-refractivity contribution in [3.63, 3.8) is 0 Å². The molecular weight excluding hydrogens is 214 g/mol. The predicted molar refractivity (Wildman–Crippen MR) is 63.8 cm³/mol. The summed E-state index contributed by atoms with van der Waals surface area (Å²) in [5.41, 5.74) is 1.21. The van der Waals surface area contributed by atoms with Crippen molar-refractivity contribution in [1.29, 1.82) is 0 Å². The van der Waals surface area contributed by atoms with E-state index in [-0.39, 0.29) is 11.2 Å². The van der Waals surface area contributed by atoms with Gasteiger partial charge in [0.1, 0.15) is 0 Å². The van der Waals surface area contributed by atoms with Crippen molar-refractivity contribution in [3.05, 3.63) is 22.4 Å². The summed E-state index contributed by atoms with van der Waals surface area (Å²) in [7, 11) is 1.85. The third-order valence-electron chi connectivity index (χ3n) is 2.08. The van der Waals surface area contributed by atoms with Crippen molar-refractivity contribution in [3.8, 4) is 0 Å². The highest BCUT2D eigenvalue weighted by atomic mass is 32.2. The summed E-state index contributed by atoms with van der Waals surface area (Å²) in [6.45, 7) is 2.66. The van der Waals surface area contributed by atoms with Gasteiger partial charge in [-0.25, -0.2) is 0 Å². The standard InChI is InChI=1S/C10H15NOS2/c1-8(13-3)10(12)11(2)6-9-4-5-14-7-9/h4-5,7-8H,6H2,1-3H3/t8-/m1/s1. The van der Waals surface area contributed by atoms with Crippen LogP contribution in [0.3, 0.4) is 0 Å². The van der Waals surface area contributed by atoms with Gasteiger partial charge in [-0.1, -0.05) is 0 Å². The number of hydrogen-bond donors (Lipinski definition) is 0. The highest BCUT2D eigenvalue weighted by Gasteiger charge is 2.16. The number of thiophene rings is 1. The van der Waals surface area contributed by atoms with Gasteiger partial charge in [0.2, 0.25) is 5.91 Å². The molecule has 0 saturated heterocycles. The lowest BCUT2D eigenvalue weighted by molar-refractivity contribution is -0.129. The molecule has 0 unspecified atom stereocenters. The first kappa shape index (κ1) is 11.6. The van der Waals surface area contributed by atoms with Crippen LogP contribution >= 0.6 is 23.1 Å². The molecule has 1 aromatic heterocycles. The number of carbonyl (C=O) groups excluding carboxylic acids is 1. The quantitative estimate of drug-likeness (QED) is 0.790. The molecule has 2 nitrogen and oxygen atoms in total. The van der Waals surface area contributed by atoms with Crippen molar-refractivity contribution in [2.45, 2.75) is 18.7 Å².